The first-order valence-electron chi connectivity index (χ1n) is 6.11. The highest BCUT2D eigenvalue weighted by Gasteiger charge is 2.09. The number of nitrogens with one attached hydrogen (secondary N) is 1. The van der Waals surface area contributed by atoms with Gasteiger partial charge in [0.2, 0.25) is 0 Å². The molecule has 0 saturated carbocycles. The maximum absolute atomic E-state index is 11.4. The van der Waals surface area contributed by atoms with Crippen LogP contribution in [0.3, 0.4) is 0 Å². The molecular weight excluding hydrogens is 252 g/mol. The van der Waals surface area contributed by atoms with Crippen LogP contribution in [-0.2, 0) is 0 Å². The Morgan fingerprint density at radius 2 is 1.95 bits per heavy atom. The van der Waals surface area contributed by atoms with Crippen molar-refractivity contribution < 1.29 is 4.79 Å². The van der Waals surface area contributed by atoms with Crippen molar-refractivity contribution in [1.82, 2.24) is 9.97 Å². The molecule has 0 radical (unpaired) electrons. The van der Waals surface area contributed by atoms with E-state index in [0.717, 1.165) is 16.6 Å². The number of benzene rings is 1. The molecule has 0 fully saturated rings. The molecule has 0 bridgehead atoms. The number of rotatable bonds is 3. The zero-order valence-corrected chi connectivity index (χ0v) is 10.6. The fourth-order valence-corrected chi connectivity index (χ4v) is 1.98. The molecule has 1 aromatic carbocycles. The van der Waals surface area contributed by atoms with Crippen molar-refractivity contribution in [1.29, 1.82) is 0 Å². The molecule has 3 aromatic rings. The average Bonchev–Trinajstić information content (AvgIpc) is 2.47. The molecule has 5 heteroatoms. The van der Waals surface area contributed by atoms with Gasteiger partial charge >= 0.3 is 0 Å². The van der Waals surface area contributed by atoms with Crippen molar-refractivity contribution in [2.75, 3.05) is 5.32 Å². The molecule has 20 heavy (non-hydrogen) atoms. The van der Waals surface area contributed by atoms with Gasteiger partial charge in [0.15, 0.2) is 0 Å². The summed E-state index contributed by atoms with van der Waals surface area (Å²) in [6.07, 6.45) is 3.30. The van der Waals surface area contributed by atoms with E-state index < -0.39 is 5.91 Å². The summed E-state index contributed by atoms with van der Waals surface area (Å²) in [6.45, 7) is 0. The third kappa shape index (κ3) is 2.29. The van der Waals surface area contributed by atoms with E-state index in [-0.39, 0.29) is 0 Å². The molecular formula is C15H12N4O. The van der Waals surface area contributed by atoms with Gasteiger partial charge in [0.05, 0.1) is 23.0 Å². The highest BCUT2D eigenvalue weighted by Crippen LogP contribution is 2.21. The molecule has 0 spiro atoms. The molecule has 0 aliphatic heterocycles. The van der Waals surface area contributed by atoms with Crippen LogP contribution in [-0.4, -0.2) is 15.9 Å². The van der Waals surface area contributed by atoms with Crippen LogP contribution < -0.4 is 11.1 Å². The van der Waals surface area contributed by atoms with Crippen molar-refractivity contribution in [3.8, 4) is 0 Å². The lowest BCUT2D eigenvalue weighted by Crippen LogP contribution is -2.14. The normalized spacial score (nSPS) is 10.4. The van der Waals surface area contributed by atoms with Gasteiger partial charge in [-0.25, -0.2) is 4.98 Å². The van der Waals surface area contributed by atoms with E-state index in [0.29, 0.717) is 11.4 Å². The number of hydrogen-bond donors (Lipinski definition) is 2. The van der Waals surface area contributed by atoms with Crippen molar-refractivity contribution in [3.05, 3.63) is 60.4 Å². The van der Waals surface area contributed by atoms with Gasteiger partial charge in [-0.2, -0.15) is 0 Å². The standard InChI is InChI=1S/C15H12N4O/c16-14(20)12-5-3-7-17-15(12)19-11-8-10-4-1-2-6-13(10)18-9-11/h1-9H,(H2,16,20)(H,17,19). The molecule has 3 N–H and O–H groups in total. The number of aromatic nitrogens is 2. The first-order valence-corrected chi connectivity index (χ1v) is 6.11. The minimum Gasteiger partial charge on any atom is -0.365 e. The number of nitrogens with zero attached hydrogens (tertiary/aromatic N) is 2. The van der Waals surface area contributed by atoms with Crippen LogP contribution in [0, 0.1) is 0 Å². The number of carbonyl (C=O) groups is 1. The van der Waals surface area contributed by atoms with E-state index >= 15 is 0 Å². The van der Waals surface area contributed by atoms with E-state index in [1.807, 2.05) is 30.3 Å². The highest BCUT2D eigenvalue weighted by atomic mass is 16.1. The molecule has 0 aliphatic carbocycles. The Morgan fingerprint density at radius 3 is 2.80 bits per heavy atom. The van der Waals surface area contributed by atoms with Crippen LogP contribution >= 0.6 is 0 Å². The Hall–Kier alpha value is -2.95. The molecule has 0 saturated heterocycles. The second kappa shape index (κ2) is 4.97. The minimum atomic E-state index is -0.519. The molecule has 3 rings (SSSR count). The Balaban J connectivity index is 1.99. The number of amides is 1. The quantitative estimate of drug-likeness (QED) is 0.761. The van der Waals surface area contributed by atoms with Crippen molar-refractivity contribution in [2.24, 2.45) is 5.73 Å². The number of pyridine rings is 2. The van der Waals surface area contributed by atoms with Crippen LogP contribution in [0.25, 0.3) is 10.9 Å². The van der Waals surface area contributed by atoms with E-state index in [1.165, 1.54) is 0 Å². The van der Waals surface area contributed by atoms with Crippen molar-refractivity contribution >= 4 is 28.3 Å². The number of hydrogen-bond acceptors (Lipinski definition) is 4. The third-order valence-corrected chi connectivity index (χ3v) is 2.93. The van der Waals surface area contributed by atoms with E-state index in [2.05, 4.69) is 15.3 Å². The summed E-state index contributed by atoms with van der Waals surface area (Å²) < 4.78 is 0. The lowest BCUT2D eigenvalue weighted by Gasteiger charge is -2.09. The fourth-order valence-electron chi connectivity index (χ4n) is 1.98. The number of anilines is 2. The average molecular weight is 264 g/mol. The van der Waals surface area contributed by atoms with Gasteiger partial charge in [0.1, 0.15) is 5.82 Å². The van der Waals surface area contributed by atoms with Gasteiger partial charge < -0.3 is 11.1 Å². The SMILES string of the molecule is NC(=O)c1cccnc1Nc1cnc2ccccc2c1. The van der Waals surface area contributed by atoms with Crippen LogP contribution in [0.2, 0.25) is 0 Å². The smallest absolute Gasteiger partial charge is 0.252 e. The van der Waals surface area contributed by atoms with Crippen LogP contribution in [0.15, 0.2) is 54.9 Å². The number of carbonyl (C=O) groups excluding carboxylic acids is 1. The monoisotopic (exact) mass is 264 g/mol. The van der Waals surface area contributed by atoms with E-state index in [9.17, 15) is 4.79 Å². The summed E-state index contributed by atoms with van der Waals surface area (Å²) in [4.78, 5) is 19.8. The van der Waals surface area contributed by atoms with Gasteiger partial charge in [0, 0.05) is 11.6 Å². The zero-order valence-electron chi connectivity index (χ0n) is 10.6. The number of fused-ring (bicyclic) bond motifs is 1. The summed E-state index contributed by atoms with van der Waals surface area (Å²) >= 11 is 0. The Labute approximate surface area is 115 Å². The molecule has 5 nitrogen and oxygen atoms in total. The first-order chi connectivity index (χ1) is 9.74. The largest absolute Gasteiger partial charge is 0.365 e. The third-order valence-electron chi connectivity index (χ3n) is 2.93. The molecule has 98 valence electrons. The summed E-state index contributed by atoms with van der Waals surface area (Å²) in [5, 5.41) is 4.08. The number of primary amides is 1. The molecule has 0 aliphatic rings. The summed E-state index contributed by atoms with van der Waals surface area (Å²) in [7, 11) is 0. The molecule has 1 amide bonds. The predicted molar refractivity (Wildman–Crippen MR) is 77.8 cm³/mol. The maximum Gasteiger partial charge on any atom is 0.252 e. The second-order valence-electron chi connectivity index (χ2n) is 4.31. The van der Waals surface area contributed by atoms with Crippen molar-refractivity contribution in [3.63, 3.8) is 0 Å². The number of nitrogens with two attached hydrogens (primary N) is 1. The highest BCUT2D eigenvalue weighted by molar-refractivity contribution is 5.98. The Morgan fingerprint density at radius 1 is 1.10 bits per heavy atom. The number of para-hydroxylation sites is 1. The summed E-state index contributed by atoms with van der Waals surface area (Å²) in [5.41, 5.74) is 7.34. The van der Waals surface area contributed by atoms with Crippen LogP contribution in [0.5, 0.6) is 0 Å². The van der Waals surface area contributed by atoms with Gasteiger partial charge in [-0.05, 0) is 24.3 Å². The van der Waals surface area contributed by atoms with Gasteiger partial charge in [-0.15, -0.1) is 0 Å². The lowest BCUT2D eigenvalue weighted by atomic mass is 10.2. The van der Waals surface area contributed by atoms with E-state index in [1.54, 1.807) is 24.5 Å². The minimum absolute atomic E-state index is 0.348. The maximum atomic E-state index is 11.4. The second-order valence-corrected chi connectivity index (χ2v) is 4.31. The molecule has 2 heterocycles. The Bertz CT molecular complexity index is 785. The first kappa shape index (κ1) is 12.1. The van der Waals surface area contributed by atoms with Gasteiger partial charge in [-0.3, -0.25) is 9.78 Å². The predicted octanol–water partition coefficient (Wildman–Crippen LogP) is 2.47. The topological polar surface area (TPSA) is 80.9 Å². The molecule has 0 atom stereocenters. The fraction of sp³-hybridized carbons (Fsp3) is 0. The van der Waals surface area contributed by atoms with Crippen LogP contribution in [0.4, 0.5) is 11.5 Å². The Kier molecular flexibility index (Phi) is 3.01. The molecule has 2 aromatic heterocycles. The van der Waals surface area contributed by atoms with Gasteiger partial charge in [0.25, 0.3) is 5.91 Å². The lowest BCUT2D eigenvalue weighted by molar-refractivity contribution is 0.100. The van der Waals surface area contributed by atoms with Crippen molar-refractivity contribution in [2.45, 2.75) is 0 Å². The van der Waals surface area contributed by atoms with Crippen LogP contribution in [0.1, 0.15) is 10.4 Å². The molecule has 0 unspecified atom stereocenters. The van der Waals surface area contributed by atoms with E-state index in [4.69, 9.17) is 5.73 Å². The summed E-state index contributed by atoms with van der Waals surface area (Å²) in [5.74, 6) is -0.0913. The zero-order chi connectivity index (χ0) is 13.9. The summed E-state index contributed by atoms with van der Waals surface area (Å²) in [6, 6.07) is 13.0. The van der Waals surface area contributed by atoms with Gasteiger partial charge in [-0.1, -0.05) is 18.2 Å².